The predicted octanol–water partition coefficient (Wildman–Crippen LogP) is 1.66. The number of hydrogen-bond acceptors (Lipinski definition) is 4. The Morgan fingerprint density at radius 3 is 2.81 bits per heavy atom. The zero-order valence-electron chi connectivity index (χ0n) is 12.7. The maximum atomic E-state index is 12.2. The summed E-state index contributed by atoms with van der Waals surface area (Å²) in [6, 6.07) is 3.60. The lowest BCUT2D eigenvalue weighted by atomic mass is 10.0. The molecule has 0 aliphatic carbocycles. The number of hydrogen-bond donors (Lipinski definition) is 1. The molecular formula is C15H21N5O. The van der Waals surface area contributed by atoms with Crippen LogP contribution in [-0.2, 0) is 18.3 Å². The van der Waals surface area contributed by atoms with Crippen LogP contribution in [0.3, 0.4) is 0 Å². The monoisotopic (exact) mass is 287 g/mol. The largest absolute Gasteiger partial charge is 0.346 e. The number of aryl methyl sites for hydroxylation is 1. The van der Waals surface area contributed by atoms with Gasteiger partial charge in [0.1, 0.15) is 12.2 Å². The summed E-state index contributed by atoms with van der Waals surface area (Å²) in [4.78, 5) is 20.5. The van der Waals surface area contributed by atoms with Crippen molar-refractivity contribution in [3.05, 3.63) is 42.2 Å². The maximum Gasteiger partial charge on any atom is 0.225 e. The van der Waals surface area contributed by atoms with Gasteiger partial charge in [0.15, 0.2) is 0 Å². The smallest absolute Gasteiger partial charge is 0.225 e. The molecule has 112 valence electrons. The molecule has 0 spiro atoms. The maximum absolute atomic E-state index is 12.2. The van der Waals surface area contributed by atoms with Crippen molar-refractivity contribution in [1.29, 1.82) is 0 Å². The predicted molar refractivity (Wildman–Crippen MR) is 79.3 cm³/mol. The van der Waals surface area contributed by atoms with Crippen molar-refractivity contribution >= 4 is 5.91 Å². The second-order valence-corrected chi connectivity index (χ2v) is 5.53. The van der Waals surface area contributed by atoms with Gasteiger partial charge in [-0.05, 0) is 24.0 Å². The van der Waals surface area contributed by atoms with Gasteiger partial charge in [-0.2, -0.15) is 5.10 Å². The van der Waals surface area contributed by atoms with E-state index in [1.807, 2.05) is 19.2 Å². The average molecular weight is 287 g/mol. The van der Waals surface area contributed by atoms with E-state index in [9.17, 15) is 4.79 Å². The number of amides is 1. The van der Waals surface area contributed by atoms with E-state index in [0.29, 0.717) is 12.3 Å². The summed E-state index contributed by atoms with van der Waals surface area (Å²) < 4.78 is 1.71. The van der Waals surface area contributed by atoms with E-state index in [2.05, 4.69) is 34.2 Å². The molecule has 0 unspecified atom stereocenters. The molecule has 1 amide bonds. The summed E-state index contributed by atoms with van der Waals surface area (Å²) in [5.41, 5.74) is 0.899. The highest BCUT2D eigenvalue weighted by Crippen LogP contribution is 2.19. The number of aromatic nitrogens is 4. The van der Waals surface area contributed by atoms with E-state index in [4.69, 9.17) is 0 Å². The summed E-state index contributed by atoms with van der Waals surface area (Å²) in [5.74, 6) is 1.20. The summed E-state index contributed by atoms with van der Waals surface area (Å²) in [5, 5.41) is 7.13. The van der Waals surface area contributed by atoms with Gasteiger partial charge in [-0.25, -0.2) is 4.98 Å². The molecular weight excluding hydrogens is 266 g/mol. The molecule has 1 N–H and O–H groups in total. The fourth-order valence-electron chi connectivity index (χ4n) is 2.25. The molecule has 2 rings (SSSR count). The summed E-state index contributed by atoms with van der Waals surface area (Å²) >= 11 is 0. The lowest BCUT2D eigenvalue weighted by molar-refractivity contribution is -0.121. The third-order valence-electron chi connectivity index (χ3n) is 3.19. The first-order chi connectivity index (χ1) is 10.1. The van der Waals surface area contributed by atoms with Gasteiger partial charge < -0.3 is 5.32 Å². The Labute approximate surface area is 124 Å². The van der Waals surface area contributed by atoms with E-state index in [1.165, 1.54) is 6.33 Å². The molecule has 0 radical (unpaired) electrons. The van der Waals surface area contributed by atoms with Crippen molar-refractivity contribution in [2.24, 2.45) is 13.0 Å². The van der Waals surface area contributed by atoms with Crippen molar-refractivity contribution in [3.63, 3.8) is 0 Å². The third-order valence-corrected chi connectivity index (χ3v) is 3.19. The lowest BCUT2D eigenvalue weighted by Gasteiger charge is -2.19. The quantitative estimate of drug-likeness (QED) is 0.877. The molecule has 0 aromatic carbocycles. The Morgan fingerprint density at radius 2 is 2.24 bits per heavy atom. The van der Waals surface area contributed by atoms with Gasteiger partial charge in [0.05, 0.1) is 12.5 Å². The van der Waals surface area contributed by atoms with Crippen LogP contribution in [0.1, 0.15) is 37.7 Å². The van der Waals surface area contributed by atoms with Crippen LogP contribution in [0.5, 0.6) is 0 Å². The van der Waals surface area contributed by atoms with Crippen molar-refractivity contribution in [2.45, 2.75) is 32.7 Å². The van der Waals surface area contributed by atoms with Crippen LogP contribution >= 0.6 is 0 Å². The van der Waals surface area contributed by atoms with Gasteiger partial charge in [-0.1, -0.05) is 19.9 Å². The number of nitrogens with zero attached hydrogens (tertiary/aromatic N) is 4. The molecule has 6 heteroatoms. The molecule has 2 aromatic rings. The van der Waals surface area contributed by atoms with Crippen molar-refractivity contribution < 1.29 is 4.79 Å². The molecule has 0 aliphatic rings. The lowest BCUT2D eigenvalue weighted by Crippen LogP contribution is -2.32. The van der Waals surface area contributed by atoms with Crippen LogP contribution < -0.4 is 5.32 Å². The Hall–Kier alpha value is -2.24. The second-order valence-electron chi connectivity index (χ2n) is 5.53. The van der Waals surface area contributed by atoms with Crippen LogP contribution in [0.25, 0.3) is 0 Å². The topological polar surface area (TPSA) is 72.7 Å². The molecule has 0 bridgehead atoms. The molecule has 2 heterocycles. The highest BCUT2D eigenvalue weighted by atomic mass is 16.1. The highest BCUT2D eigenvalue weighted by Gasteiger charge is 2.20. The van der Waals surface area contributed by atoms with Gasteiger partial charge in [0.2, 0.25) is 5.91 Å². The van der Waals surface area contributed by atoms with Crippen molar-refractivity contribution in [3.8, 4) is 0 Å². The molecule has 0 aliphatic heterocycles. The van der Waals surface area contributed by atoms with Gasteiger partial charge >= 0.3 is 0 Å². The number of carbonyl (C=O) groups is 1. The minimum Gasteiger partial charge on any atom is -0.346 e. The number of carbonyl (C=O) groups excluding carboxylic acids is 1. The standard InChI is InChI=1S/C15H21N5O/c1-11(2)7-13(15-17-10-18-20(15)3)19-14(21)8-12-5-4-6-16-9-12/h4-6,9-11,13H,7-8H2,1-3H3,(H,19,21)/t13-/m1/s1. The van der Waals surface area contributed by atoms with E-state index < -0.39 is 0 Å². The van der Waals surface area contributed by atoms with E-state index in [-0.39, 0.29) is 11.9 Å². The molecule has 0 saturated heterocycles. The first-order valence-corrected chi connectivity index (χ1v) is 7.08. The Balaban J connectivity index is 2.05. The zero-order valence-corrected chi connectivity index (χ0v) is 12.7. The first-order valence-electron chi connectivity index (χ1n) is 7.08. The first kappa shape index (κ1) is 15.2. The van der Waals surface area contributed by atoms with Gasteiger partial charge in [0.25, 0.3) is 0 Å². The molecule has 1 atom stereocenters. The molecule has 0 fully saturated rings. The minimum atomic E-state index is -0.123. The van der Waals surface area contributed by atoms with Crippen LogP contribution in [-0.4, -0.2) is 25.7 Å². The molecule has 0 saturated carbocycles. The minimum absolute atomic E-state index is 0.0309. The van der Waals surface area contributed by atoms with Crippen LogP contribution in [0.2, 0.25) is 0 Å². The van der Waals surface area contributed by atoms with Crippen molar-refractivity contribution in [1.82, 2.24) is 25.1 Å². The van der Waals surface area contributed by atoms with Crippen molar-refractivity contribution in [2.75, 3.05) is 0 Å². The number of rotatable bonds is 6. The Kier molecular flexibility index (Phi) is 5.03. The average Bonchev–Trinajstić information content (AvgIpc) is 2.85. The zero-order chi connectivity index (χ0) is 15.2. The summed E-state index contributed by atoms with van der Waals surface area (Å²) in [7, 11) is 1.84. The van der Waals surface area contributed by atoms with Crippen LogP contribution in [0.15, 0.2) is 30.9 Å². The third kappa shape index (κ3) is 4.37. The van der Waals surface area contributed by atoms with Crippen LogP contribution in [0, 0.1) is 5.92 Å². The normalized spacial score (nSPS) is 12.4. The second kappa shape index (κ2) is 6.97. The van der Waals surface area contributed by atoms with Crippen LogP contribution in [0.4, 0.5) is 0 Å². The molecule has 6 nitrogen and oxygen atoms in total. The number of pyridine rings is 1. The van der Waals surface area contributed by atoms with Gasteiger partial charge in [-0.3, -0.25) is 14.5 Å². The van der Waals surface area contributed by atoms with E-state index in [0.717, 1.165) is 17.8 Å². The number of nitrogens with one attached hydrogen (secondary N) is 1. The fourth-order valence-corrected chi connectivity index (χ4v) is 2.25. The molecule has 21 heavy (non-hydrogen) atoms. The summed E-state index contributed by atoms with van der Waals surface area (Å²) in [6.07, 6.45) is 6.06. The van der Waals surface area contributed by atoms with Gasteiger partial charge in [-0.15, -0.1) is 0 Å². The summed E-state index contributed by atoms with van der Waals surface area (Å²) in [6.45, 7) is 4.24. The van der Waals surface area contributed by atoms with E-state index >= 15 is 0 Å². The Morgan fingerprint density at radius 1 is 1.43 bits per heavy atom. The fraction of sp³-hybridized carbons (Fsp3) is 0.467. The van der Waals surface area contributed by atoms with Gasteiger partial charge in [0, 0.05) is 19.4 Å². The SMILES string of the molecule is CC(C)C[C@@H](NC(=O)Cc1cccnc1)c1ncnn1C. The van der Waals surface area contributed by atoms with E-state index in [1.54, 1.807) is 17.1 Å². The Bertz CT molecular complexity index is 579. The molecule has 2 aromatic heterocycles. The highest BCUT2D eigenvalue weighted by molar-refractivity contribution is 5.78.